The molecule has 0 atom stereocenters. The summed E-state index contributed by atoms with van der Waals surface area (Å²) < 4.78 is 0. The molecule has 94 valence electrons. The van der Waals surface area contributed by atoms with E-state index in [2.05, 4.69) is 5.32 Å². The Bertz CT molecular complexity index is 210. The predicted octanol–water partition coefficient (Wildman–Crippen LogP) is 1.29. The van der Waals surface area contributed by atoms with E-state index in [1.54, 1.807) is 6.92 Å². The lowest BCUT2D eigenvalue weighted by Gasteiger charge is -2.04. The summed E-state index contributed by atoms with van der Waals surface area (Å²) in [6, 6.07) is 0. The Balaban J connectivity index is 3.21. The Kier molecular flexibility index (Phi) is 10.6. The molecule has 5 heteroatoms. The summed E-state index contributed by atoms with van der Waals surface area (Å²) in [5.41, 5.74) is 5.36. The number of nitrogens with two attached hydrogens (primary N) is 1. The van der Waals surface area contributed by atoms with E-state index < -0.39 is 0 Å². The Labute approximate surface area is 102 Å². The highest BCUT2D eigenvalue weighted by Crippen LogP contribution is 2.04. The highest BCUT2D eigenvalue weighted by atomic mass is 32.2. The zero-order valence-corrected chi connectivity index (χ0v) is 10.8. The van der Waals surface area contributed by atoms with Gasteiger partial charge in [-0.05, 0) is 25.8 Å². The lowest BCUT2D eigenvalue weighted by molar-refractivity contribution is -0.121. The van der Waals surface area contributed by atoms with Crippen molar-refractivity contribution in [1.29, 1.82) is 0 Å². The van der Waals surface area contributed by atoms with Crippen molar-refractivity contribution in [3.8, 4) is 0 Å². The van der Waals surface area contributed by atoms with Gasteiger partial charge in [-0.1, -0.05) is 18.2 Å². The predicted molar refractivity (Wildman–Crippen MR) is 68.3 cm³/mol. The number of amides is 1. The zero-order chi connectivity index (χ0) is 12.2. The summed E-state index contributed by atoms with van der Waals surface area (Å²) in [7, 11) is 0. The van der Waals surface area contributed by atoms with Crippen molar-refractivity contribution < 1.29 is 9.59 Å². The molecule has 0 aromatic carbocycles. The van der Waals surface area contributed by atoms with E-state index in [1.165, 1.54) is 11.8 Å². The van der Waals surface area contributed by atoms with Gasteiger partial charge in [0.1, 0.15) is 0 Å². The van der Waals surface area contributed by atoms with Gasteiger partial charge in [0.25, 0.3) is 0 Å². The maximum absolute atomic E-state index is 11.3. The molecule has 0 spiro atoms. The average Bonchev–Trinajstić information content (AvgIpc) is 2.24. The first-order valence-electron chi connectivity index (χ1n) is 5.77. The zero-order valence-electron chi connectivity index (χ0n) is 9.96. The van der Waals surface area contributed by atoms with Crippen LogP contribution < -0.4 is 11.1 Å². The third-order valence-electron chi connectivity index (χ3n) is 2.06. The molecule has 4 nitrogen and oxygen atoms in total. The second-order valence-electron chi connectivity index (χ2n) is 3.64. The summed E-state index contributed by atoms with van der Waals surface area (Å²) in [5.74, 6) is 0.813. The molecule has 0 heterocycles. The fraction of sp³-hybridized carbons (Fsp3) is 0.818. The van der Waals surface area contributed by atoms with Crippen molar-refractivity contribution in [2.24, 2.45) is 5.73 Å². The van der Waals surface area contributed by atoms with Crippen LogP contribution in [0.4, 0.5) is 0 Å². The van der Waals surface area contributed by atoms with E-state index in [0.29, 0.717) is 6.42 Å². The molecule has 0 aromatic heterocycles. The number of carbonyl (C=O) groups is 2. The van der Waals surface area contributed by atoms with Crippen LogP contribution in [0.2, 0.25) is 0 Å². The third kappa shape index (κ3) is 11.5. The standard InChI is InChI=1S/C11H22N2O2S/c1-10(14)16-9-5-6-11(15)13-8-4-2-3-7-12/h2-9,12H2,1H3,(H,13,15). The van der Waals surface area contributed by atoms with Crippen LogP contribution in [0.25, 0.3) is 0 Å². The third-order valence-corrected chi connectivity index (χ3v) is 2.96. The Morgan fingerprint density at radius 1 is 1.19 bits per heavy atom. The number of rotatable bonds is 9. The van der Waals surface area contributed by atoms with E-state index >= 15 is 0 Å². The molecule has 0 unspecified atom stereocenters. The normalized spacial score (nSPS) is 10.1. The smallest absolute Gasteiger partial charge is 0.220 e. The lowest BCUT2D eigenvalue weighted by Crippen LogP contribution is -2.24. The topological polar surface area (TPSA) is 72.2 Å². The molecular weight excluding hydrogens is 224 g/mol. The fourth-order valence-corrected chi connectivity index (χ4v) is 1.79. The van der Waals surface area contributed by atoms with Crippen LogP contribution in [0.15, 0.2) is 0 Å². The molecule has 0 radical (unpaired) electrons. The van der Waals surface area contributed by atoms with Gasteiger partial charge in [0.05, 0.1) is 0 Å². The quantitative estimate of drug-likeness (QED) is 0.601. The van der Waals surface area contributed by atoms with Gasteiger partial charge in [0, 0.05) is 25.6 Å². The second kappa shape index (κ2) is 11.0. The number of carbonyl (C=O) groups excluding carboxylic acids is 2. The Morgan fingerprint density at radius 3 is 2.56 bits per heavy atom. The first-order chi connectivity index (χ1) is 7.66. The van der Waals surface area contributed by atoms with Gasteiger partial charge in [-0.3, -0.25) is 9.59 Å². The summed E-state index contributed by atoms with van der Waals surface area (Å²) in [5, 5.41) is 2.97. The Morgan fingerprint density at radius 2 is 1.94 bits per heavy atom. The van der Waals surface area contributed by atoms with Gasteiger partial charge in [0.15, 0.2) is 5.12 Å². The van der Waals surface area contributed by atoms with E-state index in [0.717, 1.165) is 44.5 Å². The molecular formula is C11H22N2O2S. The SMILES string of the molecule is CC(=O)SCCCC(=O)NCCCCCN. The van der Waals surface area contributed by atoms with Crippen molar-refractivity contribution in [3.63, 3.8) is 0 Å². The second-order valence-corrected chi connectivity index (χ2v) is 4.91. The molecule has 0 saturated carbocycles. The maximum Gasteiger partial charge on any atom is 0.220 e. The fourth-order valence-electron chi connectivity index (χ4n) is 1.21. The van der Waals surface area contributed by atoms with E-state index in [1.807, 2.05) is 0 Å². The summed E-state index contributed by atoms with van der Waals surface area (Å²) in [6.45, 7) is 3.00. The van der Waals surface area contributed by atoms with Gasteiger partial charge < -0.3 is 11.1 Å². The minimum atomic E-state index is 0.0805. The lowest BCUT2D eigenvalue weighted by atomic mass is 10.2. The van der Waals surface area contributed by atoms with Crippen molar-refractivity contribution in [1.82, 2.24) is 5.32 Å². The van der Waals surface area contributed by atoms with Crippen LogP contribution in [0.1, 0.15) is 39.0 Å². The van der Waals surface area contributed by atoms with Gasteiger partial charge in [0.2, 0.25) is 5.91 Å². The molecule has 0 bridgehead atoms. The van der Waals surface area contributed by atoms with Crippen molar-refractivity contribution in [3.05, 3.63) is 0 Å². The molecule has 0 aromatic rings. The monoisotopic (exact) mass is 246 g/mol. The molecule has 0 aliphatic heterocycles. The number of hydrogen-bond donors (Lipinski definition) is 2. The molecule has 0 rings (SSSR count). The van der Waals surface area contributed by atoms with Gasteiger partial charge in [-0.15, -0.1) is 0 Å². The molecule has 0 aliphatic carbocycles. The largest absolute Gasteiger partial charge is 0.356 e. The van der Waals surface area contributed by atoms with Gasteiger partial charge in [-0.25, -0.2) is 0 Å². The number of thioether (sulfide) groups is 1. The van der Waals surface area contributed by atoms with E-state index in [-0.39, 0.29) is 11.0 Å². The van der Waals surface area contributed by atoms with E-state index in [9.17, 15) is 9.59 Å². The van der Waals surface area contributed by atoms with Crippen LogP contribution >= 0.6 is 11.8 Å². The molecule has 3 N–H and O–H groups in total. The van der Waals surface area contributed by atoms with Crippen LogP contribution in [-0.4, -0.2) is 29.9 Å². The summed E-state index contributed by atoms with van der Waals surface area (Å²) >= 11 is 1.28. The minimum absolute atomic E-state index is 0.0805. The number of hydrogen-bond acceptors (Lipinski definition) is 4. The molecule has 16 heavy (non-hydrogen) atoms. The first kappa shape index (κ1) is 15.4. The average molecular weight is 246 g/mol. The number of nitrogens with one attached hydrogen (secondary N) is 1. The molecule has 0 fully saturated rings. The Hall–Kier alpha value is -0.550. The minimum Gasteiger partial charge on any atom is -0.356 e. The van der Waals surface area contributed by atoms with Crippen LogP contribution in [0, 0.1) is 0 Å². The van der Waals surface area contributed by atoms with Crippen LogP contribution in [-0.2, 0) is 9.59 Å². The van der Waals surface area contributed by atoms with Crippen molar-refractivity contribution in [2.45, 2.75) is 39.0 Å². The molecule has 0 aliphatic rings. The van der Waals surface area contributed by atoms with E-state index in [4.69, 9.17) is 5.73 Å². The summed E-state index contributed by atoms with van der Waals surface area (Å²) in [6.07, 6.45) is 4.35. The van der Waals surface area contributed by atoms with Crippen molar-refractivity contribution >= 4 is 22.8 Å². The van der Waals surface area contributed by atoms with Crippen LogP contribution in [0.3, 0.4) is 0 Å². The molecule has 0 saturated heterocycles. The van der Waals surface area contributed by atoms with Crippen LogP contribution in [0.5, 0.6) is 0 Å². The van der Waals surface area contributed by atoms with Crippen molar-refractivity contribution in [2.75, 3.05) is 18.8 Å². The van der Waals surface area contributed by atoms with Gasteiger partial charge in [-0.2, -0.15) is 0 Å². The highest BCUT2D eigenvalue weighted by molar-refractivity contribution is 8.13. The maximum atomic E-state index is 11.3. The van der Waals surface area contributed by atoms with Gasteiger partial charge >= 0.3 is 0 Å². The highest BCUT2D eigenvalue weighted by Gasteiger charge is 2.01. The number of unbranched alkanes of at least 4 members (excludes halogenated alkanes) is 2. The molecule has 1 amide bonds. The summed E-state index contributed by atoms with van der Waals surface area (Å²) in [4.78, 5) is 21.9. The first-order valence-corrected chi connectivity index (χ1v) is 6.75.